The number of aliphatic hydroxyl groups excluding tert-OH is 1. The van der Waals surface area contributed by atoms with Crippen molar-refractivity contribution in [2.75, 3.05) is 0 Å². The average molecular weight is 370 g/mol. The third-order valence-electron chi connectivity index (χ3n) is 5.17. The van der Waals surface area contributed by atoms with Crippen LogP contribution in [0.2, 0.25) is 0 Å². The molecule has 1 saturated carbocycles. The summed E-state index contributed by atoms with van der Waals surface area (Å²) in [5.74, 6) is -5.60. The number of hydrogen-bond acceptors (Lipinski definition) is 4. The molecule has 6 heteroatoms. The summed E-state index contributed by atoms with van der Waals surface area (Å²) in [7, 11) is 0. The molecule has 1 aliphatic carbocycles. The van der Waals surface area contributed by atoms with E-state index in [0.29, 0.717) is 19.3 Å². The highest BCUT2D eigenvalue weighted by Gasteiger charge is 2.43. The second-order valence-electron chi connectivity index (χ2n) is 7.20. The van der Waals surface area contributed by atoms with E-state index >= 15 is 0 Å². The smallest absolute Gasteiger partial charge is 0.309 e. The molecule has 1 N–H and O–H groups in total. The minimum Gasteiger partial charge on any atom is -0.462 e. The first kappa shape index (κ1) is 20.7. The van der Waals surface area contributed by atoms with E-state index in [0.717, 1.165) is 18.9 Å². The Morgan fingerprint density at radius 1 is 1.42 bits per heavy atom. The summed E-state index contributed by atoms with van der Waals surface area (Å²) in [6, 6.07) is 0. The van der Waals surface area contributed by atoms with E-state index in [2.05, 4.69) is 0 Å². The zero-order valence-electron chi connectivity index (χ0n) is 15.2. The van der Waals surface area contributed by atoms with Crippen molar-refractivity contribution in [2.45, 2.75) is 76.4 Å². The van der Waals surface area contributed by atoms with E-state index < -0.39 is 36.3 Å². The third kappa shape index (κ3) is 5.47. The van der Waals surface area contributed by atoms with Gasteiger partial charge in [-0.25, -0.2) is 0 Å². The summed E-state index contributed by atoms with van der Waals surface area (Å²) in [6.45, 7) is 1.79. The van der Waals surface area contributed by atoms with Gasteiger partial charge in [-0.1, -0.05) is 31.6 Å². The molecule has 0 spiro atoms. The summed E-state index contributed by atoms with van der Waals surface area (Å²) in [4.78, 5) is 23.7. The first-order chi connectivity index (χ1) is 12.3. The fourth-order valence-corrected chi connectivity index (χ4v) is 3.62. The molecule has 2 rings (SSSR count). The van der Waals surface area contributed by atoms with Gasteiger partial charge in [0.2, 0.25) is 5.78 Å². The summed E-state index contributed by atoms with van der Waals surface area (Å²) in [5, 5.41) is 10.3. The molecule has 0 saturated heterocycles. The lowest BCUT2D eigenvalue weighted by Gasteiger charge is -2.23. The van der Waals surface area contributed by atoms with Crippen LogP contribution in [0.15, 0.2) is 24.3 Å². The number of fused-ring (bicyclic) bond motifs is 1. The number of unbranched alkanes of at least 4 members (excludes halogenated alkanes) is 1. The summed E-state index contributed by atoms with van der Waals surface area (Å²) < 4.78 is 33.1. The maximum Gasteiger partial charge on any atom is 0.309 e. The van der Waals surface area contributed by atoms with Gasteiger partial charge in [-0.3, -0.25) is 9.59 Å². The number of aliphatic hydroxyl groups is 1. The number of ether oxygens (including phenoxy) is 1. The molecule has 1 aliphatic heterocycles. The van der Waals surface area contributed by atoms with Crippen LogP contribution in [0.1, 0.15) is 58.3 Å². The van der Waals surface area contributed by atoms with Gasteiger partial charge >= 0.3 is 11.9 Å². The van der Waals surface area contributed by atoms with Crippen LogP contribution in [-0.2, 0) is 14.3 Å². The predicted molar refractivity (Wildman–Crippen MR) is 93.7 cm³/mol. The van der Waals surface area contributed by atoms with Crippen molar-refractivity contribution in [1.29, 1.82) is 0 Å². The highest BCUT2D eigenvalue weighted by molar-refractivity contribution is 5.95. The maximum absolute atomic E-state index is 13.8. The molecule has 0 bridgehead atoms. The molecular weight excluding hydrogens is 342 g/mol. The lowest BCUT2D eigenvalue weighted by molar-refractivity contribution is -0.151. The number of hydrogen-bond donors (Lipinski definition) is 1. The van der Waals surface area contributed by atoms with Crippen LogP contribution in [0.3, 0.4) is 0 Å². The maximum atomic E-state index is 13.8. The Bertz CT molecular complexity index is 556. The largest absolute Gasteiger partial charge is 0.462 e. The first-order valence-electron chi connectivity index (χ1n) is 9.48. The van der Waals surface area contributed by atoms with Crippen molar-refractivity contribution in [3.05, 3.63) is 24.3 Å². The van der Waals surface area contributed by atoms with Crippen molar-refractivity contribution in [3.8, 4) is 0 Å². The molecule has 4 nitrogen and oxygen atoms in total. The normalized spacial score (nSPS) is 31.5. The Balaban J connectivity index is 2.10. The van der Waals surface area contributed by atoms with Gasteiger partial charge in [0, 0.05) is 31.1 Å². The molecule has 0 unspecified atom stereocenters. The Morgan fingerprint density at radius 3 is 2.92 bits per heavy atom. The number of carbonyl (C=O) groups is 2. The van der Waals surface area contributed by atoms with Crippen molar-refractivity contribution in [2.24, 2.45) is 11.8 Å². The van der Waals surface area contributed by atoms with Crippen LogP contribution in [0, 0.1) is 11.8 Å². The van der Waals surface area contributed by atoms with Gasteiger partial charge in [0.1, 0.15) is 6.10 Å². The Morgan fingerprint density at radius 2 is 2.19 bits per heavy atom. The second-order valence-corrected chi connectivity index (χ2v) is 7.20. The van der Waals surface area contributed by atoms with Crippen LogP contribution in [-0.4, -0.2) is 35.0 Å². The van der Waals surface area contributed by atoms with Crippen LogP contribution in [0.4, 0.5) is 8.78 Å². The number of ketones is 1. The molecular formula is C20H28F2O4. The summed E-state index contributed by atoms with van der Waals surface area (Å²) in [6.07, 6.45) is 8.05. The van der Waals surface area contributed by atoms with Crippen LogP contribution in [0.25, 0.3) is 0 Å². The van der Waals surface area contributed by atoms with E-state index in [1.54, 1.807) is 6.92 Å². The van der Waals surface area contributed by atoms with Crippen molar-refractivity contribution in [3.63, 3.8) is 0 Å². The zero-order valence-corrected chi connectivity index (χ0v) is 15.2. The number of allylic oxidation sites excluding steroid dienone is 3. The second kappa shape index (κ2) is 9.40. The van der Waals surface area contributed by atoms with Gasteiger partial charge in [-0.05, 0) is 31.8 Å². The fourth-order valence-electron chi connectivity index (χ4n) is 3.62. The summed E-state index contributed by atoms with van der Waals surface area (Å²) in [5.41, 5.74) is 0. The van der Waals surface area contributed by atoms with E-state index in [-0.39, 0.29) is 24.7 Å². The van der Waals surface area contributed by atoms with Gasteiger partial charge in [-0.15, -0.1) is 0 Å². The topological polar surface area (TPSA) is 63.6 Å². The number of halogens is 2. The Hall–Kier alpha value is -1.56. The Labute approximate surface area is 153 Å². The predicted octanol–water partition coefficient (Wildman–Crippen LogP) is 3.98. The average Bonchev–Trinajstić information content (AvgIpc) is 2.88. The van der Waals surface area contributed by atoms with Crippen molar-refractivity contribution >= 4 is 11.8 Å². The van der Waals surface area contributed by atoms with E-state index in [9.17, 15) is 23.5 Å². The fraction of sp³-hybridized carbons (Fsp3) is 0.700. The summed E-state index contributed by atoms with van der Waals surface area (Å²) >= 11 is 0. The zero-order chi connectivity index (χ0) is 19.2. The standard InChI is InChI=1S/C20H28F2O4/c1-2-3-12-20(21,22)18(24)11-10-14-15-8-6-4-5-7-9-19(25)26-17(15)13-16(14)23/h4,6,10-11,14-17,23H,2-3,5,7-9,12-13H2,1H3/b6-4-,11-10+/t14-,15-,16-,17+/m1/s1. The van der Waals surface area contributed by atoms with E-state index in [4.69, 9.17) is 4.74 Å². The lowest BCUT2D eigenvalue weighted by atomic mass is 9.89. The molecule has 0 amide bonds. The minimum atomic E-state index is -3.38. The number of esters is 1. The molecule has 1 heterocycles. The molecule has 0 radical (unpaired) electrons. The monoisotopic (exact) mass is 370 g/mol. The number of rotatable bonds is 6. The van der Waals surface area contributed by atoms with Gasteiger partial charge in [0.05, 0.1) is 6.10 Å². The van der Waals surface area contributed by atoms with Crippen molar-refractivity contribution < 1.29 is 28.2 Å². The quantitative estimate of drug-likeness (QED) is 0.436. The number of carbonyl (C=O) groups excluding carboxylic acids is 2. The van der Waals surface area contributed by atoms with Gasteiger partial charge < -0.3 is 9.84 Å². The van der Waals surface area contributed by atoms with Crippen molar-refractivity contribution in [1.82, 2.24) is 0 Å². The van der Waals surface area contributed by atoms with Crippen LogP contribution in [0.5, 0.6) is 0 Å². The Kier molecular flexibility index (Phi) is 7.50. The highest BCUT2D eigenvalue weighted by Crippen LogP contribution is 2.39. The highest BCUT2D eigenvalue weighted by atomic mass is 19.3. The van der Waals surface area contributed by atoms with Crippen LogP contribution >= 0.6 is 0 Å². The van der Waals surface area contributed by atoms with Gasteiger partial charge in [-0.2, -0.15) is 8.78 Å². The van der Waals surface area contributed by atoms with E-state index in [1.807, 2.05) is 12.2 Å². The molecule has 1 fully saturated rings. The molecule has 146 valence electrons. The molecule has 0 aromatic heterocycles. The van der Waals surface area contributed by atoms with E-state index in [1.165, 1.54) is 6.08 Å². The first-order valence-corrected chi connectivity index (χ1v) is 9.48. The lowest BCUT2D eigenvalue weighted by Crippen LogP contribution is -2.28. The molecule has 4 atom stereocenters. The number of alkyl halides is 2. The molecule has 2 aliphatic rings. The van der Waals surface area contributed by atoms with Gasteiger partial charge in [0.25, 0.3) is 0 Å². The van der Waals surface area contributed by atoms with Gasteiger partial charge in [0.15, 0.2) is 0 Å². The molecule has 0 aromatic carbocycles. The minimum absolute atomic E-state index is 0.211. The molecule has 0 aromatic rings. The SMILES string of the molecule is CCCCC(F)(F)C(=O)/C=C/[C@@H]1[C@H]2C/C=C\CCCC(=O)O[C@H]2C[C@H]1O. The third-order valence-corrected chi connectivity index (χ3v) is 5.17. The molecule has 26 heavy (non-hydrogen) atoms. The van der Waals surface area contributed by atoms with Crippen LogP contribution < -0.4 is 0 Å².